The fourth-order valence-corrected chi connectivity index (χ4v) is 1.89. The molecular formula is C14H22N6O3. The van der Waals surface area contributed by atoms with Gasteiger partial charge in [0.2, 0.25) is 5.91 Å². The molecule has 0 aliphatic heterocycles. The Morgan fingerprint density at radius 3 is 2.52 bits per heavy atom. The van der Waals surface area contributed by atoms with Crippen LogP contribution < -0.4 is 32.6 Å². The molecule has 2 amide bonds. The number of primary amides is 1. The van der Waals surface area contributed by atoms with Gasteiger partial charge in [-0.15, -0.1) is 0 Å². The van der Waals surface area contributed by atoms with Gasteiger partial charge in [-0.25, -0.2) is 0 Å². The lowest BCUT2D eigenvalue weighted by molar-refractivity contribution is -0.119. The number of nitrogens with zero attached hydrogens (tertiary/aromatic N) is 1. The van der Waals surface area contributed by atoms with E-state index in [1.54, 1.807) is 25.2 Å². The summed E-state index contributed by atoms with van der Waals surface area (Å²) in [5, 5.41) is 5.48. The molecule has 1 atom stereocenters. The van der Waals surface area contributed by atoms with E-state index in [1.807, 2.05) is 0 Å². The molecule has 23 heavy (non-hydrogen) atoms. The van der Waals surface area contributed by atoms with Crippen molar-refractivity contribution in [3.63, 3.8) is 0 Å². The minimum absolute atomic E-state index is 0.0945. The van der Waals surface area contributed by atoms with Gasteiger partial charge < -0.3 is 32.6 Å². The molecule has 9 heteroatoms. The Morgan fingerprint density at radius 2 is 2.00 bits per heavy atom. The van der Waals surface area contributed by atoms with Gasteiger partial charge in [0.05, 0.1) is 12.7 Å². The van der Waals surface area contributed by atoms with Crippen LogP contribution in [0.25, 0.3) is 0 Å². The molecule has 1 unspecified atom stereocenters. The van der Waals surface area contributed by atoms with Gasteiger partial charge in [0.15, 0.2) is 5.96 Å². The fourth-order valence-electron chi connectivity index (χ4n) is 1.89. The average Bonchev–Trinajstić information content (AvgIpc) is 2.52. The van der Waals surface area contributed by atoms with Crippen molar-refractivity contribution in [2.45, 2.75) is 12.5 Å². The van der Waals surface area contributed by atoms with E-state index < -0.39 is 17.9 Å². The third-order valence-electron chi connectivity index (χ3n) is 3.09. The Balaban J connectivity index is 2.90. The van der Waals surface area contributed by atoms with Crippen LogP contribution in [-0.4, -0.2) is 44.5 Å². The first-order chi connectivity index (χ1) is 10.9. The maximum absolute atomic E-state index is 12.4. The highest BCUT2D eigenvalue weighted by atomic mass is 16.5. The molecule has 0 aliphatic carbocycles. The van der Waals surface area contributed by atoms with Gasteiger partial charge in [0, 0.05) is 19.3 Å². The van der Waals surface area contributed by atoms with Crippen LogP contribution in [0.5, 0.6) is 5.75 Å². The summed E-state index contributed by atoms with van der Waals surface area (Å²) in [5.74, 6) is -0.864. The summed E-state index contributed by atoms with van der Waals surface area (Å²) in [6, 6.07) is 4.13. The van der Waals surface area contributed by atoms with E-state index in [1.165, 1.54) is 7.11 Å². The SMILES string of the molecule is CNc1ccc(OC)c(C(=O)NC(CCN=C(N)N)C(N)=O)c1. The molecule has 8 N–H and O–H groups in total. The predicted molar refractivity (Wildman–Crippen MR) is 88.3 cm³/mol. The Kier molecular flexibility index (Phi) is 6.66. The fraction of sp³-hybridized carbons (Fsp3) is 0.357. The standard InChI is InChI=1S/C14H22N6O3/c1-18-8-3-4-11(23-2)9(7-8)13(22)20-10(12(15)21)5-6-19-14(16)17/h3-4,7,10,18H,5-6H2,1-2H3,(H2,15,21)(H,20,22)(H4,16,17,19). The number of anilines is 1. The van der Waals surface area contributed by atoms with Crippen LogP contribution in [0.2, 0.25) is 0 Å². The number of nitrogens with two attached hydrogens (primary N) is 3. The molecule has 0 aromatic heterocycles. The number of hydrogen-bond acceptors (Lipinski definition) is 5. The molecule has 9 nitrogen and oxygen atoms in total. The molecular weight excluding hydrogens is 300 g/mol. The third kappa shape index (κ3) is 5.38. The number of benzene rings is 1. The Labute approximate surface area is 134 Å². The van der Waals surface area contributed by atoms with Gasteiger partial charge in [-0.1, -0.05) is 0 Å². The molecule has 0 aliphatic rings. The molecule has 0 saturated heterocycles. The molecule has 0 saturated carbocycles. The quantitative estimate of drug-likeness (QED) is 0.304. The molecule has 126 valence electrons. The van der Waals surface area contributed by atoms with Crippen LogP contribution in [0.15, 0.2) is 23.2 Å². The minimum Gasteiger partial charge on any atom is -0.496 e. The number of carbonyl (C=O) groups excluding carboxylic acids is 2. The third-order valence-corrected chi connectivity index (χ3v) is 3.09. The minimum atomic E-state index is -0.895. The van der Waals surface area contributed by atoms with Crippen LogP contribution in [0.1, 0.15) is 16.8 Å². The summed E-state index contributed by atoms with van der Waals surface area (Å²) in [6.45, 7) is 0.171. The summed E-state index contributed by atoms with van der Waals surface area (Å²) < 4.78 is 5.16. The van der Waals surface area contributed by atoms with Crippen LogP contribution in [0, 0.1) is 0 Å². The highest BCUT2D eigenvalue weighted by Crippen LogP contribution is 2.22. The lowest BCUT2D eigenvalue weighted by atomic mass is 10.1. The second kappa shape index (κ2) is 8.47. The van der Waals surface area contributed by atoms with Crippen molar-refractivity contribution >= 4 is 23.5 Å². The Bertz CT molecular complexity index is 598. The van der Waals surface area contributed by atoms with Crippen LogP contribution >= 0.6 is 0 Å². The average molecular weight is 322 g/mol. The largest absolute Gasteiger partial charge is 0.496 e. The van der Waals surface area contributed by atoms with Crippen molar-refractivity contribution in [2.75, 3.05) is 26.0 Å². The topological polar surface area (TPSA) is 158 Å². The van der Waals surface area contributed by atoms with Crippen molar-refractivity contribution in [3.8, 4) is 5.75 Å². The number of hydrogen-bond donors (Lipinski definition) is 5. The summed E-state index contributed by atoms with van der Waals surface area (Å²) in [7, 11) is 3.18. The van der Waals surface area contributed by atoms with Crippen molar-refractivity contribution in [1.29, 1.82) is 0 Å². The highest BCUT2D eigenvalue weighted by Gasteiger charge is 2.21. The van der Waals surface area contributed by atoms with Crippen molar-refractivity contribution in [1.82, 2.24) is 5.32 Å². The van der Waals surface area contributed by atoms with Gasteiger partial charge in [-0.2, -0.15) is 0 Å². The second-order valence-electron chi connectivity index (χ2n) is 4.69. The van der Waals surface area contributed by atoms with Crippen LogP contribution in [-0.2, 0) is 4.79 Å². The number of rotatable bonds is 8. The first-order valence-electron chi connectivity index (χ1n) is 6.90. The number of methoxy groups -OCH3 is 1. The van der Waals surface area contributed by atoms with Crippen molar-refractivity contribution < 1.29 is 14.3 Å². The van der Waals surface area contributed by atoms with Crippen LogP contribution in [0.4, 0.5) is 5.69 Å². The number of carbonyl (C=O) groups is 2. The highest BCUT2D eigenvalue weighted by molar-refractivity contribution is 6.00. The van der Waals surface area contributed by atoms with Gasteiger partial charge in [0.25, 0.3) is 5.91 Å². The van der Waals surface area contributed by atoms with E-state index in [-0.39, 0.29) is 24.5 Å². The number of ether oxygens (including phenoxy) is 1. The van der Waals surface area contributed by atoms with E-state index in [0.29, 0.717) is 5.75 Å². The van der Waals surface area contributed by atoms with E-state index in [2.05, 4.69) is 15.6 Å². The smallest absolute Gasteiger partial charge is 0.255 e. The molecule has 0 bridgehead atoms. The summed E-state index contributed by atoms with van der Waals surface area (Å²) in [6.07, 6.45) is 0.188. The summed E-state index contributed by atoms with van der Waals surface area (Å²) >= 11 is 0. The molecule has 0 spiro atoms. The first-order valence-corrected chi connectivity index (χ1v) is 6.90. The number of nitrogens with one attached hydrogen (secondary N) is 2. The number of aliphatic imine (C=N–C) groups is 1. The number of guanidine groups is 1. The van der Waals surface area contributed by atoms with Gasteiger partial charge in [-0.3, -0.25) is 14.6 Å². The van der Waals surface area contributed by atoms with Crippen molar-refractivity contribution in [2.24, 2.45) is 22.2 Å². The molecule has 0 fully saturated rings. The maximum atomic E-state index is 12.4. The molecule has 1 aromatic carbocycles. The second-order valence-corrected chi connectivity index (χ2v) is 4.69. The zero-order chi connectivity index (χ0) is 17.4. The maximum Gasteiger partial charge on any atom is 0.255 e. The predicted octanol–water partition coefficient (Wildman–Crippen LogP) is -1.02. The normalized spacial score (nSPS) is 11.2. The molecule has 1 rings (SSSR count). The van der Waals surface area contributed by atoms with Gasteiger partial charge >= 0.3 is 0 Å². The van der Waals surface area contributed by atoms with E-state index in [4.69, 9.17) is 21.9 Å². The molecule has 1 aromatic rings. The zero-order valence-corrected chi connectivity index (χ0v) is 13.1. The monoisotopic (exact) mass is 322 g/mol. The number of amides is 2. The summed E-state index contributed by atoms with van der Waals surface area (Å²) in [4.78, 5) is 27.6. The van der Waals surface area contributed by atoms with E-state index in [0.717, 1.165) is 5.69 Å². The Hall–Kier alpha value is -2.97. The lowest BCUT2D eigenvalue weighted by Gasteiger charge is -2.16. The van der Waals surface area contributed by atoms with Gasteiger partial charge in [-0.05, 0) is 24.6 Å². The van der Waals surface area contributed by atoms with Crippen molar-refractivity contribution in [3.05, 3.63) is 23.8 Å². The van der Waals surface area contributed by atoms with Gasteiger partial charge in [0.1, 0.15) is 11.8 Å². The van der Waals surface area contributed by atoms with E-state index in [9.17, 15) is 9.59 Å². The molecule has 0 heterocycles. The Morgan fingerprint density at radius 1 is 1.30 bits per heavy atom. The summed E-state index contributed by atoms with van der Waals surface area (Å²) in [5.41, 5.74) is 16.7. The molecule has 0 radical (unpaired) electrons. The van der Waals surface area contributed by atoms with E-state index >= 15 is 0 Å². The lowest BCUT2D eigenvalue weighted by Crippen LogP contribution is -2.45. The van der Waals surface area contributed by atoms with Crippen LogP contribution in [0.3, 0.4) is 0 Å². The first kappa shape index (κ1) is 18.1. The zero-order valence-electron chi connectivity index (χ0n) is 13.1.